The Hall–Kier alpha value is -0.550. The number of phosphoric acid groups is 1. The summed E-state index contributed by atoms with van der Waals surface area (Å²) in [6.07, 6.45) is -6.09. The number of allylic oxidation sites excluding steroid dienone is 1. The first kappa shape index (κ1) is 32.7. The molecule has 15 heteroatoms. The average Bonchev–Trinajstić information content (AvgIpc) is 2.87. The van der Waals surface area contributed by atoms with Gasteiger partial charge in [-0.15, -0.1) is 6.58 Å². The third-order valence-electron chi connectivity index (χ3n) is 6.33. The van der Waals surface area contributed by atoms with Crippen LogP contribution < -0.4 is 10.6 Å². The standard InChI is InChI=1S/C22H42NO13P/c1-2-3-4-5-6-7-8-9-10-32-37(30,31)36-21-15(23)17(27)20(14(12-25)34-21)35-22-19(29)18(28)16(26)13(11-24)33-22/h2,13-22,24-29H,1,3-12,23H2,(H,30,31)/p-1/t13-,14-,15+,16+,17-,18+,19-,20-,21-,22+/m1/s1. The van der Waals surface area contributed by atoms with Crippen molar-refractivity contribution in [3.63, 3.8) is 0 Å². The second-order valence-electron chi connectivity index (χ2n) is 9.18. The van der Waals surface area contributed by atoms with Crippen LogP contribution in [0.15, 0.2) is 12.7 Å². The van der Waals surface area contributed by atoms with Gasteiger partial charge in [0.2, 0.25) is 0 Å². The van der Waals surface area contributed by atoms with Gasteiger partial charge in [-0.1, -0.05) is 31.8 Å². The van der Waals surface area contributed by atoms with Crippen molar-refractivity contribution in [1.82, 2.24) is 0 Å². The lowest BCUT2D eigenvalue weighted by molar-refractivity contribution is -0.346. The van der Waals surface area contributed by atoms with E-state index < -0.39 is 82.4 Å². The van der Waals surface area contributed by atoms with Gasteiger partial charge in [0, 0.05) is 0 Å². The van der Waals surface area contributed by atoms with Gasteiger partial charge < -0.3 is 60.0 Å². The third-order valence-corrected chi connectivity index (χ3v) is 7.29. The van der Waals surface area contributed by atoms with Crippen LogP contribution in [0.4, 0.5) is 0 Å². The van der Waals surface area contributed by atoms with Gasteiger partial charge in [0.1, 0.15) is 42.7 Å². The van der Waals surface area contributed by atoms with E-state index in [0.717, 1.165) is 38.5 Å². The third kappa shape index (κ3) is 9.55. The lowest BCUT2D eigenvalue weighted by Crippen LogP contribution is -2.66. The van der Waals surface area contributed by atoms with Crippen LogP contribution in [-0.4, -0.2) is 112 Å². The lowest BCUT2D eigenvalue weighted by atomic mass is 9.96. The molecule has 0 spiro atoms. The molecule has 218 valence electrons. The van der Waals surface area contributed by atoms with Crippen LogP contribution in [-0.2, 0) is 27.8 Å². The maximum Gasteiger partial charge on any atom is 0.270 e. The zero-order valence-corrected chi connectivity index (χ0v) is 21.6. The zero-order valence-electron chi connectivity index (χ0n) is 20.7. The Morgan fingerprint density at radius 2 is 1.46 bits per heavy atom. The number of phosphoric ester groups is 1. The summed E-state index contributed by atoms with van der Waals surface area (Å²) in [5.41, 5.74) is 5.91. The van der Waals surface area contributed by atoms with E-state index in [1.807, 2.05) is 6.08 Å². The molecule has 0 saturated carbocycles. The van der Waals surface area contributed by atoms with Gasteiger partial charge in [0.15, 0.2) is 12.6 Å². The van der Waals surface area contributed by atoms with Crippen molar-refractivity contribution in [3.05, 3.63) is 12.7 Å². The predicted molar refractivity (Wildman–Crippen MR) is 126 cm³/mol. The minimum Gasteiger partial charge on any atom is -0.756 e. The molecule has 2 fully saturated rings. The molecule has 1 unspecified atom stereocenters. The smallest absolute Gasteiger partial charge is 0.270 e. The number of aliphatic hydroxyl groups excluding tert-OH is 6. The highest BCUT2D eigenvalue weighted by Crippen LogP contribution is 2.42. The Kier molecular flexibility index (Phi) is 14.0. The summed E-state index contributed by atoms with van der Waals surface area (Å²) in [7, 11) is -4.88. The summed E-state index contributed by atoms with van der Waals surface area (Å²) in [5, 5.41) is 59.7. The molecule has 0 aromatic rings. The summed E-state index contributed by atoms with van der Waals surface area (Å²) in [6.45, 7) is 2.08. The Labute approximate surface area is 216 Å². The van der Waals surface area contributed by atoms with Crippen LogP contribution in [0.5, 0.6) is 0 Å². The summed E-state index contributed by atoms with van der Waals surface area (Å²) in [6, 6.07) is -1.49. The fraction of sp³-hybridized carbons (Fsp3) is 0.909. The van der Waals surface area contributed by atoms with Crippen LogP contribution in [0.3, 0.4) is 0 Å². The molecule has 0 amide bonds. The van der Waals surface area contributed by atoms with Crippen molar-refractivity contribution < 1.29 is 63.4 Å². The van der Waals surface area contributed by atoms with Gasteiger partial charge in [-0.2, -0.15) is 0 Å². The maximum absolute atomic E-state index is 12.3. The van der Waals surface area contributed by atoms with Crippen molar-refractivity contribution in [3.8, 4) is 0 Å². The second-order valence-corrected chi connectivity index (χ2v) is 10.5. The monoisotopic (exact) mass is 558 g/mol. The molecule has 0 aliphatic carbocycles. The van der Waals surface area contributed by atoms with Crippen molar-refractivity contribution in [2.45, 2.75) is 106 Å². The first-order valence-electron chi connectivity index (χ1n) is 12.5. The van der Waals surface area contributed by atoms with Gasteiger partial charge in [0.05, 0.1) is 25.9 Å². The van der Waals surface area contributed by atoms with Crippen LogP contribution in [0.1, 0.15) is 44.9 Å². The van der Waals surface area contributed by atoms with Gasteiger partial charge in [-0.25, -0.2) is 0 Å². The van der Waals surface area contributed by atoms with E-state index in [0.29, 0.717) is 6.42 Å². The topological polar surface area (TPSA) is 234 Å². The van der Waals surface area contributed by atoms with Crippen LogP contribution in [0, 0.1) is 0 Å². The molecule has 0 bridgehead atoms. The lowest BCUT2D eigenvalue weighted by Gasteiger charge is -2.46. The summed E-state index contributed by atoms with van der Waals surface area (Å²) in [4.78, 5) is 12.3. The predicted octanol–water partition coefficient (Wildman–Crippen LogP) is -2.00. The van der Waals surface area contributed by atoms with E-state index >= 15 is 0 Å². The van der Waals surface area contributed by atoms with Crippen molar-refractivity contribution in [2.24, 2.45) is 5.73 Å². The second kappa shape index (κ2) is 15.9. The van der Waals surface area contributed by atoms with Crippen LogP contribution >= 0.6 is 7.82 Å². The molecule has 0 aromatic heterocycles. The molecule has 14 nitrogen and oxygen atoms in total. The number of hydrogen-bond acceptors (Lipinski definition) is 14. The SMILES string of the molecule is C=CCCCCCCCCOP(=O)([O-])O[C@H]1O[C@H](CO)[C@@H](O[C@@H]2O[C@H](CO)[C@H](O)[C@H](O)[C@H]2O)[C@H](O)[C@@H]1N. The molecule has 8 N–H and O–H groups in total. The number of nitrogens with two attached hydrogens (primary N) is 1. The van der Waals surface area contributed by atoms with E-state index in [1.54, 1.807) is 0 Å². The van der Waals surface area contributed by atoms with Crippen molar-refractivity contribution >= 4 is 7.82 Å². The highest BCUT2D eigenvalue weighted by Gasteiger charge is 2.50. The highest BCUT2D eigenvalue weighted by molar-refractivity contribution is 7.45. The van der Waals surface area contributed by atoms with Gasteiger partial charge >= 0.3 is 0 Å². The van der Waals surface area contributed by atoms with Crippen molar-refractivity contribution in [2.75, 3.05) is 19.8 Å². The first-order valence-corrected chi connectivity index (χ1v) is 13.9. The molecule has 2 aliphatic rings. The fourth-order valence-electron chi connectivity index (χ4n) is 4.12. The minimum absolute atomic E-state index is 0.107. The Morgan fingerprint density at radius 1 is 0.865 bits per heavy atom. The molecular weight excluding hydrogens is 517 g/mol. The quantitative estimate of drug-likeness (QED) is 0.0616. The Morgan fingerprint density at radius 3 is 2.08 bits per heavy atom. The van der Waals surface area contributed by atoms with Gasteiger partial charge in [0.25, 0.3) is 7.82 Å². The molecule has 2 saturated heterocycles. The summed E-state index contributed by atoms with van der Waals surface area (Å²) >= 11 is 0. The highest BCUT2D eigenvalue weighted by atomic mass is 31.2. The van der Waals surface area contributed by atoms with Gasteiger partial charge in [-0.3, -0.25) is 9.09 Å². The van der Waals surface area contributed by atoms with E-state index in [-0.39, 0.29) is 6.61 Å². The number of ether oxygens (including phenoxy) is 3. The first-order chi connectivity index (χ1) is 17.6. The van der Waals surface area contributed by atoms with Crippen LogP contribution in [0.2, 0.25) is 0 Å². The number of rotatable bonds is 16. The van der Waals surface area contributed by atoms with Crippen molar-refractivity contribution in [1.29, 1.82) is 0 Å². The molecule has 2 rings (SSSR count). The fourth-order valence-corrected chi connectivity index (χ4v) is 4.98. The molecule has 11 atom stereocenters. The average molecular weight is 559 g/mol. The van der Waals surface area contributed by atoms with E-state index in [2.05, 4.69) is 6.58 Å². The Bertz CT molecular complexity index is 714. The molecular formula is C22H41NO13P-. The Balaban J connectivity index is 1.87. The summed E-state index contributed by atoms with van der Waals surface area (Å²) in [5.74, 6) is 0. The number of unbranched alkanes of at least 4 members (excludes halogenated alkanes) is 6. The van der Waals surface area contributed by atoms with Gasteiger partial charge in [-0.05, 0) is 19.3 Å². The van der Waals surface area contributed by atoms with E-state index in [4.69, 9.17) is 29.0 Å². The minimum atomic E-state index is -4.88. The maximum atomic E-state index is 12.3. The summed E-state index contributed by atoms with van der Waals surface area (Å²) < 4.78 is 38.2. The normalized spacial score (nSPS) is 38.3. The largest absolute Gasteiger partial charge is 0.756 e. The van der Waals surface area contributed by atoms with E-state index in [1.165, 1.54) is 0 Å². The molecule has 0 radical (unpaired) electrons. The zero-order chi connectivity index (χ0) is 27.6. The molecule has 2 heterocycles. The van der Waals surface area contributed by atoms with Crippen LogP contribution in [0.25, 0.3) is 0 Å². The number of aliphatic hydroxyl groups is 6. The molecule has 37 heavy (non-hydrogen) atoms. The molecule has 0 aromatic carbocycles. The molecule has 2 aliphatic heterocycles. The van der Waals surface area contributed by atoms with E-state index in [9.17, 15) is 40.1 Å². The number of hydrogen-bond donors (Lipinski definition) is 7.